The van der Waals surface area contributed by atoms with E-state index in [2.05, 4.69) is 129 Å². The third kappa shape index (κ3) is 5.18. The molecule has 0 N–H and O–H groups in total. The van der Waals surface area contributed by atoms with Crippen molar-refractivity contribution in [2.75, 3.05) is 0 Å². The zero-order valence-electron chi connectivity index (χ0n) is 30.6. The van der Waals surface area contributed by atoms with Gasteiger partial charge in [-0.3, -0.25) is 0 Å². The zero-order chi connectivity index (χ0) is 36.4. The molecule has 0 unspecified atom stereocenters. The van der Waals surface area contributed by atoms with Gasteiger partial charge in [0, 0.05) is 32.9 Å². The second kappa shape index (κ2) is 12.7. The molecule has 0 saturated heterocycles. The van der Waals surface area contributed by atoms with Gasteiger partial charge in [-0.1, -0.05) is 124 Å². The molecule has 0 bridgehead atoms. The van der Waals surface area contributed by atoms with Crippen LogP contribution in [0.3, 0.4) is 0 Å². The lowest BCUT2D eigenvalue weighted by Gasteiger charge is -2.36. The van der Waals surface area contributed by atoms with Crippen molar-refractivity contribution in [3.63, 3.8) is 0 Å². The van der Waals surface area contributed by atoms with Gasteiger partial charge in [-0.2, -0.15) is 5.26 Å². The molecule has 2 heterocycles. The summed E-state index contributed by atoms with van der Waals surface area (Å²) in [7, 11) is 0. The number of benzene rings is 6. The van der Waals surface area contributed by atoms with Crippen LogP contribution in [0.5, 0.6) is 0 Å². The van der Waals surface area contributed by atoms with Crippen LogP contribution in [-0.4, -0.2) is 9.97 Å². The van der Waals surface area contributed by atoms with Crippen LogP contribution in [0.4, 0.5) is 0 Å². The van der Waals surface area contributed by atoms with E-state index in [4.69, 9.17) is 14.4 Å². The Morgan fingerprint density at radius 3 is 2.06 bits per heavy atom. The highest BCUT2D eigenvalue weighted by atomic mass is 16.3. The maximum Gasteiger partial charge on any atom is 0.160 e. The molecule has 0 radical (unpaired) electrons. The second-order valence-electron chi connectivity index (χ2n) is 15.4. The largest absolute Gasteiger partial charge is 0.456 e. The second-order valence-corrected chi connectivity index (χ2v) is 15.4. The summed E-state index contributed by atoms with van der Waals surface area (Å²) in [6.45, 7) is 4.35. The van der Waals surface area contributed by atoms with Crippen molar-refractivity contribution in [1.29, 1.82) is 5.26 Å². The fraction of sp³-hybridized carbons (Fsp3) is 0.180. The van der Waals surface area contributed by atoms with Crippen LogP contribution in [0.1, 0.15) is 74.1 Å². The Balaban J connectivity index is 1.12. The molecule has 4 heteroatoms. The lowest BCUT2D eigenvalue weighted by Crippen LogP contribution is -2.28. The molecule has 10 rings (SSSR count). The van der Waals surface area contributed by atoms with Crippen molar-refractivity contribution in [1.82, 2.24) is 9.97 Å². The van der Waals surface area contributed by atoms with Crippen LogP contribution in [-0.2, 0) is 5.41 Å². The Labute approximate surface area is 315 Å². The minimum Gasteiger partial charge on any atom is -0.456 e. The van der Waals surface area contributed by atoms with Crippen LogP contribution in [0.15, 0.2) is 138 Å². The highest BCUT2D eigenvalue weighted by Gasteiger charge is 2.43. The Morgan fingerprint density at radius 1 is 0.574 bits per heavy atom. The molecule has 2 aliphatic rings. The Kier molecular flexibility index (Phi) is 7.59. The first-order chi connectivity index (χ1) is 26.5. The number of nitrogens with zero attached hydrogens (tertiary/aromatic N) is 3. The fourth-order valence-electron chi connectivity index (χ4n) is 9.24. The predicted molar refractivity (Wildman–Crippen MR) is 219 cm³/mol. The van der Waals surface area contributed by atoms with Crippen LogP contribution < -0.4 is 0 Å². The van der Waals surface area contributed by atoms with Gasteiger partial charge in [0.05, 0.1) is 23.0 Å². The quantitative estimate of drug-likeness (QED) is 0.180. The Hall–Kier alpha value is -6.31. The summed E-state index contributed by atoms with van der Waals surface area (Å²) >= 11 is 0. The SMILES string of the molecule is CC(C)c1cc(C#N)ccc1-c1ccc(-c2cc(-c3ccc4c(c3)oc3ccccc34)nc(-c3ccc4c(c3)C3(CCCCC3)c3ccccc3-4)n2)cc1. The first kappa shape index (κ1) is 32.3. The molecule has 0 amide bonds. The van der Waals surface area contributed by atoms with Gasteiger partial charge in [0.15, 0.2) is 5.82 Å². The standard InChI is InChI=1S/C50H39N3O/c1-31(2)42-26-32(30-51)14-21-37(42)33-15-17-34(18-16-33)45-29-46(35-19-23-41-40-11-5-7-13-47(40)54-48(41)28-35)53-49(52-45)36-20-22-39-38-10-4-6-12-43(38)50(44(39)27-36)24-8-3-9-25-50/h4-7,10-23,26-29,31H,3,8-9,24-25H2,1-2H3. The van der Waals surface area contributed by atoms with Gasteiger partial charge in [0.1, 0.15) is 11.2 Å². The van der Waals surface area contributed by atoms with Crippen molar-refractivity contribution in [3.8, 4) is 62.2 Å². The number of rotatable bonds is 5. The number of furan rings is 1. The lowest BCUT2D eigenvalue weighted by atomic mass is 9.67. The number of hydrogen-bond donors (Lipinski definition) is 0. The predicted octanol–water partition coefficient (Wildman–Crippen LogP) is 13.3. The summed E-state index contributed by atoms with van der Waals surface area (Å²) < 4.78 is 6.32. The number of aromatic nitrogens is 2. The molecule has 54 heavy (non-hydrogen) atoms. The molecule has 1 fully saturated rings. The molecule has 1 spiro atoms. The molecule has 8 aromatic rings. The molecule has 6 aromatic carbocycles. The van der Waals surface area contributed by atoms with Gasteiger partial charge in [0.25, 0.3) is 0 Å². The van der Waals surface area contributed by atoms with Crippen LogP contribution in [0.2, 0.25) is 0 Å². The van der Waals surface area contributed by atoms with Gasteiger partial charge in [0.2, 0.25) is 0 Å². The molecular formula is C50H39N3O. The molecule has 4 nitrogen and oxygen atoms in total. The van der Waals surface area contributed by atoms with Crippen LogP contribution >= 0.6 is 0 Å². The average Bonchev–Trinajstić information content (AvgIpc) is 3.73. The minimum atomic E-state index is 0.0447. The van der Waals surface area contributed by atoms with Crippen molar-refractivity contribution < 1.29 is 4.42 Å². The van der Waals surface area contributed by atoms with E-state index in [-0.39, 0.29) is 11.3 Å². The maximum absolute atomic E-state index is 9.55. The van der Waals surface area contributed by atoms with Gasteiger partial charge in [-0.25, -0.2) is 9.97 Å². The highest BCUT2D eigenvalue weighted by molar-refractivity contribution is 6.05. The number of para-hydroxylation sites is 1. The number of fused-ring (bicyclic) bond motifs is 8. The summed E-state index contributed by atoms with van der Waals surface area (Å²) in [5.74, 6) is 1.01. The highest BCUT2D eigenvalue weighted by Crippen LogP contribution is 2.56. The number of nitriles is 1. The first-order valence-electron chi connectivity index (χ1n) is 19.2. The van der Waals surface area contributed by atoms with E-state index >= 15 is 0 Å². The third-order valence-electron chi connectivity index (χ3n) is 11.9. The van der Waals surface area contributed by atoms with E-state index in [1.807, 2.05) is 24.3 Å². The van der Waals surface area contributed by atoms with E-state index in [1.165, 1.54) is 59.9 Å². The monoisotopic (exact) mass is 697 g/mol. The Morgan fingerprint density at radius 2 is 1.24 bits per heavy atom. The molecule has 0 aliphatic heterocycles. The van der Waals surface area contributed by atoms with E-state index in [0.29, 0.717) is 5.56 Å². The summed E-state index contributed by atoms with van der Waals surface area (Å²) in [5, 5.41) is 11.8. The van der Waals surface area contributed by atoms with Crippen LogP contribution in [0, 0.1) is 11.3 Å². The molecule has 2 aliphatic carbocycles. The molecular weight excluding hydrogens is 659 g/mol. The van der Waals surface area contributed by atoms with Gasteiger partial charge in [-0.15, -0.1) is 0 Å². The third-order valence-corrected chi connectivity index (χ3v) is 11.9. The van der Waals surface area contributed by atoms with E-state index in [1.54, 1.807) is 0 Å². The molecule has 1 saturated carbocycles. The zero-order valence-corrected chi connectivity index (χ0v) is 30.6. The first-order valence-corrected chi connectivity index (χ1v) is 19.2. The molecule has 2 aromatic heterocycles. The van der Waals surface area contributed by atoms with Gasteiger partial charge >= 0.3 is 0 Å². The summed E-state index contributed by atoms with van der Waals surface area (Å²) in [4.78, 5) is 10.6. The number of hydrogen-bond acceptors (Lipinski definition) is 4. The van der Waals surface area contributed by atoms with E-state index < -0.39 is 0 Å². The Bertz CT molecular complexity index is 2790. The maximum atomic E-state index is 9.55. The summed E-state index contributed by atoms with van der Waals surface area (Å²) in [6.07, 6.45) is 6.14. The fourth-order valence-corrected chi connectivity index (χ4v) is 9.24. The summed E-state index contributed by atoms with van der Waals surface area (Å²) in [6, 6.07) is 49.6. The normalized spacial score (nSPS) is 14.4. The van der Waals surface area contributed by atoms with E-state index in [9.17, 15) is 5.26 Å². The van der Waals surface area contributed by atoms with Gasteiger partial charge in [-0.05, 0) is 100 Å². The minimum absolute atomic E-state index is 0.0447. The molecule has 260 valence electrons. The van der Waals surface area contributed by atoms with Crippen molar-refractivity contribution >= 4 is 21.9 Å². The molecule has 0 atom stereocenters. The summed E-state index contributed by atoms with van der Waals surface area (Å²) in [5.41, 5.74) is 16.3. The van der Waals surface area contributed by atoms with Crippen molar-refractivity contribution in [2.45, 2.75) is 57.3 Å². The van der Waals surface area contributed by atoms with Crippen molar-refractivity contribution in [3.05, 3.63) is 156 Å². The van der Waals surface area contributed by atoms with Gasteiger partial charge < -0.3 is 4.42 Å². The van der Waals surface area contributed by atoms with E-state index in [0.717, 1.165) is 67.0 Å². The average molecular weight is 698 g/mol. The lowest BCUT2D eigenvalue weighted by molar-refractivity contribution is 0.353. The smallest absolute Gasteiger partial charge is 0.160 e. The van der Waals surface area contributed by atoms with Crippen molar-refractivity contribution in [2.24, 2.45) is 0 Å². The van der Waals surface area contributed by atoms with Crippen LogP contribution in [0.25, 0.3) is 78.1 Å². The topological polar surface area (TPSA) is 62.7 Å².